The lowest BCUT2D eigenvalue weighted by Crippen LogP contribution is -2.29. The van der Waals surface area contributed by atoms with E-state index in [-0.39, 0.29) is 30.2 Å². The number of carbonyl (C=O) groups excluding carboxylic acids is 1. The highest BCUT2D eigenvalue weighted by atomic mass is 35.5. The standard InChI is InChI=1S/C14H17F3N2O3.ClH/c15-14(16,17)8-21-10-3-1-9(2-4-10)19-13(20)12-6-5-11(7-18)22-12;/h1-4,11-12H,5-8,18H2,(H,19,20);1H/t11-,12+;/m1./s1. The first-order chi connectivity index (χ1) is 10.4. The van der Waals surface area contributed by atoms with E-state index in [1.165, 1.54) is 24.3 Å². The number of ether oxygens (including phenoxy) is 2. The van der Waals surface area contributed by atoms with Gasteiger partial charge in [-0.15, -0.1) is 12.4 Å². The van der Waals surface area contributed by atoms with Crippen molar-refractivity contribution in [2.75, 3.05) is 18.5 Å². The van der Waals surface area contributed by atoms with Gasteiger partial charge in [0.1, 0.15) is 11.9 Å². The molecule has 0 aromatic heterocycles. The fraction of sp³-hybridized carbons (Fsp3) is 0.500. The molecule has 130 valence electrons. The van der Waals surface area contributed by atoms with Gasteiger partial charge in [-0.1, -0.05) is 0 Å². The Bertz CT molecular complexity index is 511. The van der Waals surface area contributed by atoms with Crippen LogP contribution in [0, 0.1) is 0 Å². The van der Waals surface area contributed by atoms with Crippen molar-refractivity contribution in [3.05, 3.63) is 24.3 Å². The van der Waals surface area contributed by atoms with Crippen LogP contribution in [0.1, 0.15) is 12.8 Å². The van der Waals surface area contributed by atoms with Gasteiger partial charge in [0.05, 0.1) is 6.10 Å². The fourth-order valence-corrected chi connectivity index (χ4v) is 2.09. The molecule has 2 rings (SSSR count). The smallest absolute Gasteiger partial charge is 0.422 e. The third kappa shape index (κ3) is 6.25. The molecule has 1 aromatic rings. The van der Waals surface area contributed by atoms with Gasteiger partial charge in [0.2, 0.25) is 0 Å². The SMILES string of the molecule is Cl.NC[C@H]1CC[C@@H](C(=O)Nc2ccc(OCC(F)(F)F)cc2)O1. The summed E-state index contributed by atoms with van der Waals surface area (Å²) < 4.78 is 46.1. The number of anilines is 1. The summed E-state index contributed by atoms with van der Waals surface area (Å²) in [5, 5.41) is 2.65. The van der Waals surface area contributed by atoms with E-state index in [0.717, 1.165) is 6.42 Å². The second-order valence-electron chi connectivity index (χ2n) is 4.98. The molecule has 2 atom stereocenters. The maximum Gasteiger partial charge on any atom is 0.422 e. The second-order valence-corrected chi connectivity index (χ2v) is 4.98. The highest BCUT2D eigenvalue weighted by molar-refractivity contribution is 5.94. The highest BCUT2D eigenvalue weighted by Crippen LogP contribution is 2.22. The zero-order valence-corrected chi connectivity index (χ0v) is 13.0. The topological polar surface area (TPSA) is 73.6 Å². The van der Waals surface area contributed by atoms with E-state index in [0.29, 0.717) is 18.7 Å². The molecule has 0 radical (unpaired) electrons. The Hall–Kier alpha value is -1.51. The maximum atomic E-state index is 12.0. The number of rotatable bonds is 5. The van der Waals surface area contributed by atoms with Crippen molar-refractivity contribution in [2.45, 2.75) is 31.2 Å². The van der Waals surface area contributed by atoms with Crippen molar-refractivity contribution in [1.82, 2.24) is 0 Å². The number of halogens is 4. The monoisotopic (exact) mass is 354 g/mol. The van der Waals surface area contributed by atoms with E-state index in [2.05, 4.69) is 10.1 Å². The van der Waals surface area contributed by atoms with Crippen LogP contribution in [0.25, 0.3) is 0 Å². The number of nitrogens with two attached hydrogens (primary N) is 1. The average molecular weight is 355 g/mol. The zero-order chi connectivity index (χ0) is 16.2. The summed E-state index contributed by atoms with van der Waals surface area (Å²) in [4.78, 5) is 12.0. The first kappa shape index (κ1) is 19.5. The molecule has 1 heterocycles. The van der Waals surface area contributed by atoms with Crippen molar-refractivity contribution < 1.29 is 27.4 Å². The van der Waals surface area contributed by atoms with Crippen LogP contribution in [0.5, 0.6) is 5.75 Å². The van der Waals surface area contributed by atoms with Gasteiger partial charge in [0.25, 0.3) is 5.91 Å². The van der Waals surface area contributed by atoms with Gasteiger partial charge in [-0.3, -0.25) is 4.79 Å². The predicted octanol–water partition coefficient (Wildman–Crippen LogP) is 2.49. The molecule has 1 saturated heterocycles. The van der Waals surface area contributed by atoms with Gasteiger partial charge in [-0.25, -0.2) is 0 Å². The lowest BCUT2D eigenvalue weighted by atomic mass is 10.2. The second kappa shape index (κ2) is 8.37. The zero-order valence-electron chi connectivity index (χ0n) is 12.1. The Labute approximate surface area is 137 Å². The van der Waals surface area contributed by atoms with E-state index in [9.17, 15) is 18.0 Å². The first-order valence-electron chi connectivity index (χ1n) is 6.83. The molecule has 1 aliphatic heterocycles. The van der Waals surface area contributed by atoms with Gasteiger partial charge >= 0.3 is 6.18 Å². The maximum absolute atomic E-state index is 12.0. The van der Waals surface area contributed by atoms with E-state index in [1.54, 1.807) is 0 Å². The number of carbonyl (C=O) groups is 1. The van der Waals surface area contributed by atoms with Crippen molar-refractivity contribution >= 4 is 24.0 Å². The molecular weight excluding hydrogens is 337 g/mol. The number of hydrogen-bond donors (Lipinski definition) is 2. The van der Waals surface area contributed by atoms with Gasteiger partial charge in [0, 0.05) is 12.2 Å². The lowest BCUT2D eigenvalue weighted by Gasteiger charge is -2.13. The van der Waals surface area contributed by atoms with Gasteiger partial charge in [-0.2, -0.15) is 13.2 Å². The van der Waals surface area contributed by atoms with E-state index >= 15 is 0 Å². The highest BCUT2D eigenvalue weighted by Gasteiger charge is 2.30. The van der Waals surface area contributed by atoms with E-state index in [4.69, 9.17) is 10.5 Å². The third-order valence-electron chi connectivity index (χ3n) is 3.19. The molecule has 1 fully saturated rings. The van der Waals surface area contributed by atoms with Crippen LogP contribution >= 0.6 is 12.4 Å². The van der Waals surface area contributed by atoms with Crippen LogP contribution in [-0.4, -0.2) is 37.4 Å². The summed E-state index contributed by atoms with van der Waals surface area (Å²) in [5.41, 5.74) is 5.94. The van der Waals surface area contributed by atoms with Crippen LogP contribution in [0.4, 0.5) is 18.9 Å². The number of nitrogens with one attached hydrogen (secondary N) is 1. The van der Waals surface area contributed by atoms with Crippen LogP contribution in [0.15, 0.2) is 24.3 Å². The molecule has 0 spiro atoms. The molecule has 23 heavy (non-hydrogen) atoms. The Morgan fingerprint density at radius 3 is 2.48 bits per heavy atom. The number of amides is 1. The largest absolute Gasteiger partial charge is 0.484 e. The minimum atomic E-state index is -4.38. The van der Waals surface area contributed by atoms with Crippen molar-refractivity contribution in [3.63, 3.8) is 0 Å². The van der Waals surface area contributed by atoms with E-state index < -0.39 is 18.9 Å². The molecule has 1 amide bonds. The summed E-state index contributed by atoms with van der Waals surface area (Å²) in [6.07, 6.45) is -3.70. The van der Waals surface area contributed by atoms with Crippen LogP contribution in [-0.2, 0) is 9.53 Å². The van der Waals surface area contributed by atoms with Crippen LogP contribution in [0.3, 0.4) is 0 Å². The Morgan fingerprint density at radius 2 is 1.96 bits per heavy atom. The molecule has 3 N–H and O–H groups in total. The van der Waals surface area contributed by atoms with Gasteiger partial charge < -0.3 is 20.5 Å². The lowest BCUT2D eigenvalue weighted by molar-refractivity contribution is -0.153. The molecule has 0 bridgehead atoms. The summed E-state index contributed by atoms with van der Waals surface area (Å²) in [6, 6.07) is 5.66. The molecular formula is C14H18ClF3N2O3. The minimum Gasteiger partial charge on any atom is -0.484 e. The average Bonchev–Trinajstić information content (AvgIpc) is 2.95. The molecule has 0 aliphatic carbocycles. The Kier molecular flexibility index (Phi) is 7.11. The van der Waals surface area contributed by atoms with Crippen LogP contribution < -0.4 is 15.8 Å². The molecule has 0 unspecified atom stereocenters. The minimum absolute atomic E-state index is 0. The summed E-state index contributed by atoms with van der Waals surface area (Å²) in [6.45, 7) is -0.982. The van der Waals surface area contributed by atoms with Crippen molar-refractivity contribution in [3.8, 4) is 5.75 Å². The number of benzene rings is 1. The number of alkyl halides is 3. The molecule has 1 aromatic carbocycles. The third-order valence-corrected chi connectivity index (χ3v) is 3.19. The molecule has 5 nitrogen and oxygen atoms in total. The van der Waals surface area contributed by atoms with Crippen molar-refractivity contribution in [2.24, 2.45) is 5.73 Å². The Morgan fingerprint density at radius 1 is 1.30 bits per heavy atom. The summed E-state index contributed by atoms with van der Waals surface area (Å²) in [7, 11) is 0. The number of hydrogen-bond acceptors (Lipinski definition) is 4. The predicted molar refractivity (Wildman–Crippen MR) is 80.8 cm³/mol. The van der Waals surface area contributed by atoms with Crippen molar-refractivity contribution in [1.29, 1.82) is 0 Å². The van der Waals surface area contributed by atoms with E-state index in [1.807, 2.05) is 0 Å². The molecule has 1 aliphatic rings. The fourth-order valence-electron chi connectivity index (χ4n) is 2.09. The quantitative estimate of drug-likeness (QED) is 0.852. The molecule has 9 heteroatoms. The summed E-state index contributed by atoms with van der Waals surface area (Å²) in [5.74, 6) is -0.212. The summed E-state index contributed by atoms with van der Waals surface area (Å²) >= 11 is 0. The van der Waals surface area contributed by atoms with Gasteiger partial charge in [0.15, 0.2) is 6.61 Å². The first-order valence-corrected chi connectivity index (χ1v) is 6.83. The molecule has 0 saturated carbocycles. The van der Waals surface area contributed by atoms with Crippen LogP contribution in [0.2, 0.25) is 0 Å². The Balaban J connectivity index is 0.00000264. The normalized spacial score (nSPS) is 20.7. The van der Waals surface area contributed by atoms with Gasteiger partial charge in [-0.05, 0) is 37.1 Å².